The minimum atomic E-state index is -4.40. The Morgan fingerprint density at radius 1 is 1.06 bits per heavy atom. The molecular weight excluding hydrogens is 447 g/mol. The second-order valence-electron chi connectivity index (χ2n) is 8.42. The van der Waals surface area contributed by atoms with Crippen LogP contribution in [0.4, 0.5) is 13.2 Å². The molecule has 1 saturated heterocycles. The number of carbonyl (C=O) groups is 1. The molecule has 1 fully saturated rings. The predicted molar refractivity (Wildman–Crippen MR) is 123 cm³/mol. The van der Waals surface area contributed by atoms with Gasteiger partial charge in [0.05, 0.1) is 12.1 Å². The van der Waals surface area contributed by atoms with Crippen LogP contribution in [-0.4, -0.2) is 28.9 Å². The summed E-state index contributed by atoms with van der Waals surface area (Å²) < 4.78 is 38.5. The Morgan fingerprint density at radius 2 is 1.79 bits per heavy atom. The van der Waals surface area contributed by atoms with E-state index in [1.165, 1.54) is 23.0 Å². The number of thiazole rings is 1. The maximum Gasteiger partial charge on any atom is 0.416 e. The smallest absolute Gasteiger partial charge is 0.347 e. The zero-order valence-electron chi connectivity index (χ0n) is 18.1. The average Bonchev–Trinajstić information content (AvgIpc) is 3.28. The number of halogens is 3. The molecule has 0 aliphatic carbocycles. The summed E-state index contributed by atoms with van der Waals surface area (Å²) in [5.74, 6) is 0.314. The molecule has 4 nitrogen and oxygen atoms in total. The monoisotopic (exact) mass is 473 g/mol. The Morgan fingerprint density at radius 3 is 2.52 bits per heavy atom. The van der Waals surface area contributed by atoms with Gasteiger partial charge in [-0.2, -0.15) is 13.2 Å². The van der Waals surface area contributed by atoms with Gasteiger partial charge in [-0.1, -0.05) is 42.5 Å². The number of piperidine rings is 1. The van der Waals surface area contributed by atoms with Crippen LogP contribution in [0.25, 0.3) is 0 Å². The van der Waals surface area contributed by atoms with Crippen LogP contribution in [0.3, 0.4) is 0 Å². The van der Waals surface area contributed by atoms with Gasteiger partial charge >= 0.3 is 6.18 Å². The summed E-state index contributed by atoms with van der Waals surface area (Å²) in [4.78, 5) is 19.2. The van der Waals surface area contributed by atoms with Crippen molar-refractivity contribution in [3.8, 4) is 0 Å². The molecule has 1 N–H and O–H groups in total. The second-order valence-corrected chi connectivity index (χ2v) is 9.36. The molecule has 33 heavy (non-hydrogen) atoms. The van der Waals surface area contributed by atoms with E-state index in [-0.39, 0.29) is 12.5 Å². The zero-order chi connectivity index (χ0) is 23.3. The van der Waals surface area contributed by atoms with Crippen molar-refractivity contribution in [2.45, 2.75) is 38.5 Å². The van der Waals surface area contributed by atoms with Crippen LogP contribution in [0.1, 0.15) is 45.0 Å². The highest BCUT2D eigenvalue weighted by Gasteiger charge is 2.30. The van der Waals surface area contributed by atoms with E-state index in [0.29, 0.717) is 23.7 Å². The molecule has 3 aromatic rings. The fraction of sp³-hybridized carbons (Fsp3) is 0.360. The lowest BCUT2D eigenvalue weighted by Crippen LogP contribution is -2.33. The van der Waals surface area contributed by atoms with E-state index < -0.39 is 11.7 Å². The Labute approximate surface area is 195 Å². The quantitative estimate of drug-likeness (QED) is 0.490. The number of aromatic nitrogens is 1. The van der Waals surface area contributed by atoms with Crippen molar-refractivity contribution >= 4 is 17.2 Å². The minimum absolute atomic E-state index is 0.0184. The molecule has 1 amide bonds. The van der Waals surface area contributed by atoms with Gasteiger partial charge in [0.2, 0.25) is 0 Å². The van der Waals surface area contributed by atoms with Crippen molar-refractivity contribution in [1.29, 1.82) is 0 Å². The summed E-state index contributed by atoms with van der Waals surface area (Å²) >= 11 is 1.44. The maximum atomic E-state index is 12.8. The molecule has 4 rings (SSSR count). The highest BCUT2D eigenvalue weighted by atomic mass is 32.1. The third-order valence-electron chi connectivity index (χ3n) is 5.92. The number of nitrogens with zero attached hydrogens (tertiary/aromatic N) is 2. The molecule has 2 heterocycles. The van der Waals surface area contributed by atoms with Crippen LogP contribution in [-0.2, 0) is 25.7 Å². The highest BCUT2D eigenvalue weighted by molar-refractivity contribution is 7.09. The minimum Gasteiger partial charge on any atom is -0.347 e. The summed E-state index contributed by atoms with van der Waals surface area (Å²) in [6.07, 6.45) is -1.00. The van der Waals surface area contributed by atoms with Crippen LogP contribution in [0.5, 0.6) is 0 Å². The Bertz CT molecular complexity index is 1060. The second kappa shape index (κ2) is 10.5. The molecule has 0 saturated carbocycles. The number of amides is 1. The van der Waals surface area contributed by atoms with Crippen molar-refractivity contribution < 1.29 is 18.0 Å². The molecule has 0 bridgehead atoms. The fourth-order valence-electron chi connectivity index (χ4n) is 4.11. The number of rotatable bonds is 7. The largest absolute Gasteiger partial charge is 0.416 e. The van der Waals surface area contributed by atoms with Crippen molar-refractivity contribution in [3.05, 3.63) is 87.4 Å². The molecule has 1 aliphatic heterocycles. The zero-order valence-corrected chi connectivity index (χ0v) is 19.0. The van der Waals surface area contributed by atoms with Gasteiger partial charge in [0.15, 0.2) is 0 Å². The number of hydrogen-bond acceptors (Lipinski definition) is 4. The molecule has 8 heteroatoms. The summed E-state index contributed by atoms with van der Waals surface area (Å²) in [7, 11) is 0. The van der Waals surface area contributed by atoms with Gasteiger partial charge in [-0.15, -0.1) is 11.3 Å². The summed E-state index contributed by atoms with van der Waals surface area (Å²) in [6, 6.07) is 15.5. The lowest BCUT2D eigenvalue weighted by Gasteiger charge is -2.31. The van der Waals surface area contributed by atoms with Gasteiger partial charge in [-0.05, 0) is 61.5 Å². The number of nitrogens with one attached hydrogen (secondary N) is 1. The van der Waals surface area contributed by atoms with E-state index in [4.69, 9.17) is 0 Å². The first kappa shape index (κ1) is 23.4. The summed E-state index contributed by atoms with van der Waals surface area (Å²) in [5, 5.41) is 5.25. The van der Waals surface area contributed by atoms with Gasteiger partial charge < -0.3 is 5.32 Å². The van der Waals surface area contributed by atoms with Crippen LogP contribution < -0.4 is 5.32 Å². The third kappa shape index (κ3) is 6.65. The van der Waals surface area contributed by atoms with Gasteiger partial charge in [-0.25, -0.2) is 4.98 Å². The Kier molecular flexibility index (Phi) is 7.45. The van der Waals surface area contributed by atoms with Crippen molar-refractivity contribution in [3.63, 3.8) is 0 Å². The van der Waals surface area contributed by atoms with E-state index in [1.807, 2.05) is 6.07 Å². The van der Waals surface area contributed by atoms with E-state index in [1.54, 1.807) is 11.4 Å². The first-order valence-electron chi connectivity index (χ1n) is 11.0. The number of alkyl halides is 3. The summed E-state index contributed by atoms with van der Waals surface area (Å²) in [5.41, 5.74) is 1.36. The highest BCUT2D eigenvalue weighted by Crippen LogP contribution is 2.29. The van der Waals surface area contributed by atoms with Crippen molar-refractivity contribution in [1.82, 2.24) is 15.2 Å². The first-order valence-corrected chi connectivity index (χ1v) is 11.9. The fourth-order valence-corrected chi connectivity index (χ4v) is 4.92. The predicted octanol–water partition coefficient (Wildman–Crippen LogP) is 5.55. The van der Waals surface area contributed by atoms with Gasteiger partial charge in [-0.3, -0.25) is 9.69 Å². The maximum absolute atomic E-state index is 12.8. The first-order chi connectivity index (χ1) is 15.9. The number of carbonyl (C=O) groups excluding carboxylic acids is 1. The molecule has 2 aromatic carbocycles. The van der Waals surface area contributed by atoms with Crippen LogP contribution >= 0.6 is 11.3 Å². The van der Waals surface area contributed by atoms with Crippen molar-refractivity contribution in [2.75, 3.05) is 13.1 Å². The van der Waals surface area contributed by atoms with Crippen LogP contribution in [0, 0.1) is 5.92 Å². The number of likely N-dealkylation sites (tertiary alicyclic amines) is 1. The molecular formula is C25H26F3N3OS. The Balaban J connectivity index is 1.24. The lowest BCUT2D eigenvalue weighted by atomic mass is 9.90. The van der Waals surface area contributed by atoms with E-state index in [9.17, 15) is 18.0 Å². The SMILES string of the molecule is O=C(NCc1cccc(C(F)(F)F)c1)c1csc(CN2CCC(Cc3ccccc3)CC2)n1. The lowest BCUT2D eigenvalue weighted by molar-refractivity contribution is -0.137. The molecule has 174 valence electrons. The van der Waals surface area contributed by atoms with Gasteiger partial charge in [0.25, 0.3) is 5.91 Å². The normalized spacial score (nSPS) is 15.5. The number of benzene rings is 2. The average molecular weight is 474 g/mol. The molecule has 0 spiro atoms. The molecule has 1 aromatic heterocycles. The van der Waals surface area contributed by atoms with Gasteiger partial charge in [0.1, 0.15) is 10.7 Å². The van der Waals surface area contributed by atoms with E-state index >= 15 is 0 Å². The van der Waals surface area contributed by atoms with Crippen LogP contribution in [0.2, 0.25) is 0 Å². The molecule has 0 atom stereocenters. The number of hydrogen-bond donors (Lipinski definition) is 1. The van der Waals surface area contributed by atoms with Crippen molar-refractivity contribution in [2.24, 2.45) is 5.92 Å². The van der Waals surface area contributed by atoms with Crippen LogP contribution in [0.15, 0.2) is 60.0 Å². The molecule has 0 unspecified atom stereocenters. The summed E-state index contributed by atoms with van der Waals surface area (Å²) in [6.45, 7) is 2.75. The van der Waals surface area contributed by atoms with E-state index in [2.05, 4.69) is 39.5 Å². The third-order valence-corrected chi connectivity index (χ3v) is 6.76. The Hall–Kier alpha value is -2.71. The van der Waals surface area contributed by atoms with Gasteiger partial charge in [0, 0.05) is 11.9 Å². The molecule has 0 radical (unpaired) electrons. The van der Waals surface area contributed by atoms with E-state index in [0.717, 1.165) is 49.5 Å². The molecule has 1 aliphatic rings. The topological polar surface area (TPSA) is 45.2 Å². The standard InChI is InChI=1S/C25H26F3N3OS/c26-25(27,28)21-8-4-7-20(14-21)15-29-24(32)22-17-33-23(30-22)16-31-11-9-19(10-12-31)13-18-5-2-1-3-6-18/h1-8,14,17,19H,9-13,15-16H2,(H,29,32).